The second-order valence-electron chi connectivity index (χ2n) is 3.44. The average Bonchev–Trinajstić information content (AvgIpc) is 2.02. The van der Waals surface area contributed by atoms with E-state index in [9.17, 15) is 8.78 Å². The standard InChI is InChI=1S/C10H10F2O/c1-10(12)4-5-13-9-6-7(11)2-3-8(9)10/h2-3,6H,4-5H2,1H3. The molecule has 0 N–H and O–H groups in total. The SMILES string of the molecule is CC1(F)CCOc2cc(F)ccc21. The molecule has 1 unspecified atom stereocenters. The molecule has 0 saturated heterocycles. The fourth-order valence-electron chi connectivity index (χ4n) is 1.53. The summed E-state index contributed by atoms with van der Waals surface area (Å²) >= 11 is 0. The Kier molecular flexibility index (Phi) is 1.75. The van der Waals surface area contributed by atoms with E-state index in [4.69, 9.17) is 4.74 Å². The maximum atomic E-state index is 13.8. The average molecular weight is 184 g/mol. The van der Waals surface area contributed by atoms with E-state index in [1.807, 2.05) is 0 Å². The summed E-state index contributed by atoms with van der Waals surface area (Å²) in [5, 5.41) is 0. The van der Waals surface area contributed by atoms with Crippen molar-refractivity contribution in [3.63, 3.8) is 0 Å². The smallest absolute Gasteiger partial charge is 0.140 e. The molecule has 1 heterocycles. The van der Waals surface area contributed by atoms with Crippen LogP contribution < -0.4 is 4.74 Å². The van der Waals surface area contributed by atoms with Gasteiger partial charge in [-0.15, -0.1) is 0 Å². The molecule has 70 valence electrons. The van der Waals surface area contributed by atoms with Crippen LogP contribution in [0.4, 0.5) is 8.78 Å². The number of ether oxygens (including phenoxy) is 1. The number of benzene rings is 1. The van der Waals surface area contributed by atoms with Crippen molar-refractivity contribution in [3.05, 3.63) is 29.6 Å². The van der Waals surface area contributed by atoms with Crippen molar-refractivity contribution in [3.8, 4) is 5.75 Å². The van der Waals surface area contributed by atoms with Gasteiger partial charge in [0.25, 0.3) is 0 Å². The van der Waals surface area contributed by atoms with Crippen LogP contribution in [-0.2, 0) is 5.67 Å². The molecule has 1 aliphatic rings. The zero-order valence-electron chi connectivity index (χ0n) is 7.31. The Hall–Kier alpha value is -1.12. The molecule has 0 fully saturated rings. The zero-order valence-corrected chi connectivity index (χ0v) is 7.31. The molecule has 0 saturated carbocycles. The Morgan fingerprint density at radius 2 is 2.23 bits per heavy atom. The molecular formula is C10H10F2O. The van der Waals surface area contributed by atoms with Gasteiger partial charge in [-0.25, -0.2) is 8.78 Å². The Balaban J connectivity index is 2.53. The van der Waals surface area contributed by atoms with Gasteiger partial charge in [0.15, 0.2) is 0 Å². The van der Waals surface area contributed by atoms with Crippen LogP contribution >= 0.6 is 0 Å². The Bertz CT molecular complexity index is 334. The topological polar surface area (TPSA) is 9.23 Å². The normalized spacial score (nSPS) is 26.4. The van der Waals surface area contributed by atoms with Crippen LogP contribution in [0, 0.1) is 5.82 Å². The molecule has 2 rings (SSSR count). The summed E-state index contributed by atoms with van der Waals surface area (Å²) in [5.74, 6) is -0.0623. The lowest BCUT2D eigenvalue weighted by Crippen LogP contribution is -2.25. The molecule has 1 atom stereocenters. The van der Waals surface area contributed by atoms with E-state index < -0.39 is 11.5 Å². The van der Waals surface area contributed by atoms with Crippen LogP contribution in [-0.4, -0.2) is 6.61 Å². The molecule has 0 radical (unpaired) electrons. The highest BCUT2D eigenvalue weighted by Gasteiger charge is 2.33. The number of hydrogen-bond donors (Lipinski definition) is 0. The summed E-state index contributed by atoms with van der Waals surface area (Å²) in [6.45, 7) is 1.80. The maximum Gasteiger partial charge on any atom is 0.140 e. The first-order valence-corrected chi connectivity index (χ1v) is 4.21. The van der Waals surface area contributed by atoms with Crippen LogP contribution in [0.15, 0.2) is 18.2 Å². The highest BCUT2D eigenvalue weighted by atomic mass is 19.1. The molecule has 0 bridgehead atoms. The molecular weight excluding hydrogens is 174 g/mol. The van der Waals surface area contributed by atoms with Crippen LogP contribution in [0.25, 0.3) is 0 Å². The Labute approximate surface area is 75.3 Å². The van der Waals surface area contributed by atoms with Crippen molar-refractivity contribution < 1.29 is 13.5 Å². The highest BCUT2D eigenvalue weighted by Crippen LogP contribution is 2.39. The summed E-state index contributed by atoms with van der Waals surface area (Å²) in [6.07, 6.45) is 0.325. The van der Waals surface area contributed by atoms with Gasteiger partial charge in [0, 0.05) is 18.1 Å². The van der Waals surface area contributed by atoms with Gasteiger partial charge in [-0.3, -0.25) is 0 Å². The fourth-order valence-corrected chi connectivity index (χ4v) is 1.53. The van der Waals surface area contributed by atoms with E-state index in [2.05, 4.69) is 0 Å². The lowest BCUT2D eigenvalue weighted by Gasteiger charge is -2.28. The molecule has 0 amide bonds. The van der Waals surface area contributed by atoms with Crippen molar-refractivity contribution in [2.24, 2.45) is 0 Å². The third kappa shape index (κ3) is 1.39. The van der Waals surface area contributed by atoms with Gasteiger partial charge in [0.05, 0.1) is 6.61 Å². The van der Waals surface area contributed by atoms with Gasteiger partial charge in [0.2, 0.25) is 0 Å². The van der Waals surface area contributed by atoms with E-state index in [-0.39, 0.29) is 0 Å². The summed E-state index contributed by atoms with van der Waals surface area (Å²) in [7, 11) is 0. The second kappa shape index (κ2) is 2.69. The first-order chi connectivity index (χ1) is 6.09. The predicted octanol–water partition coefficient (Wildman–Crippen LogP) is 2.79. The quantitative estimate of drug-likeness (QED) is 0.602. The Morgan fingerprint density at radius 1 is 1.46 bits per heavy atom. The maximum absolute atomic E-state index is 13.8. The predicted molar refractivity (Wildman–Crippen MR) is 45.0 cm³/mol. The van der Waals surface area contributed by atoms with Gasteiger partial charge >= 0.3 is 0 Å². The van der Waals surface area contributed by atoms with Gasteiger partial charge < -0.3 is 4.74 Å². The van der Waals surface area contributed by atoms with E-state index in [1.54, 1.807) is 0 Å². The van der Waals surface area contributed by atoms with Gasteiger partial charge in [-0.2, -0.15) is 0 Å². The lowest BCUT2D eigenvalue weighted by atomic mass is 9.92. The molecule has 0 aromatic heterocycles. The molecule has 1 aromatic rings. The second-order valence-corrected chi connectivity index (χ2v) is 3.44. The molecule has 13 heavy (non-hydrogen) atoms. The van der Waals surface area contributed by atoms with Gasteiger partial charge in [-0.05, 0) is 19.1 Å². The minimum absolute atomic E-state index is 0.309. The van der Waals surface area contributed by atoms with Crippen molar-refractivity contribution >= 4 is 0 Å². The molecule has 1 aromatic carbocycles. The monoisotopic (exact) mass is 184 g/mol. The number of fused-ring (bicyclic) bond motifs is 1. The van der Waals surface area contributed by atoms with E-state index in [1.165, 1.54) is 25.1 Å². The molecule has 0 aliphatic carbocycles. The minimum atomic E-state index is -1.39. The van der Waals surface area contributed by atoms with Crippen molar-refractivity contribution in [1.29, 1.82) is 0 Å². The number of rotatable bonds is 0. The third-order valence-corrected chi connectivity index (χ3v) is 2.33. The van der Waals surface area contributed by atoms with Crippen LogP contribution in [0.5, 0.6) is 5.75 Å². The number of halogens is 2. The first-order valence-electron chi connectivity index (χ1n) is 4.21. The minimum Gasteiger partial charge on any atom is -0.493 e. The number of alkyl halides is 1. The fraction of sp³-hybridized carbons (Fsp3) is 0.400. The van der Waals surface area contributed by atoms with E-state index in [0.717, 1.165) is 0 Å². The highest BCUT2D eigenvalue weighted by molar-refractivity contribution is 5.39. The van der Waals surface area contributed by atoms with Crippen LogP contribution in [0.1, 0.15) is 18.9 Å². The summed E-state index contributed by atoms with van der Waals surface area (Å²) in [5.41, 5.74) is -0.943. The van der Waals surface area contributed by atoms with Gasteiger partial charge in [0.1, 0.15) is 17.2 Å². The van der Waals surface area contributed by atoms with E-state index in [0.29, 0.717) is 24.3 Å². The van der Waals surface area contributed by atoms with Crippen molar-refractivity contribution in [2.45, 2.75) is 19.0 Å². The van der Waals surface area contributed by atoms with Crippen LogP contribution in [0.2, 0.25) is 0 Å². The summed E-state index contributed by atoms with van der Waals surface area (Å²) in [4.78, 5) is 0. The largest absolute Gasteiger partial charge is 0.493 e. The molecule has 3 heteroatoms. The Morgan fingerprint density at radius 3 is 3.00 bits per heavy atom. The zero-order chi connectivity index (χ0) is 9.47. The lowest BCUT2D eigenvalue weighted by molar-refractivity contribution is 0.110. The molecule has 1 nitrogen and oxygen atoms in total. The van der Waals surface area contributed by atoms with Gasteiger partial charge in [-0.1, -0.05) is 0 Å². The van der Waals surface area contributed by atoms with E-state index >= 15 is 0 Å². The summed E-state index contributed by atoms with van der Waals surface area (Å²) < 4.78 is 31.7. The van der Waals surface area contributed by atoms with Crippen LogP contribution in [0.3, 0.4) is 0 Å². The van der Waals surface area contributed by atoms with Crippen molar-refractivity contribution in [1.82, 2.24) is 0 Å². The molecule has 0 spiro atoms. The summed E-state index contributed by atoms with van der Waals surface area (Å²) in [6, 6.07) is 3.93. The molecule has 1 aliphatic heterocycles. The third-order valence-electron chi connectivity index (χ3n) is 2.33. The van der Waals surface area contributed by atoms with Crippen molar-refractivity contribution in [2.75, 3.05) is 6.61 Å². The first kappa shape index (κ1) is 8.48. The number of hydrogen-bond acceptors (Lipinski definition) is 1.